The van der Waals surface area contributed by atoms with Gasteiger partial charge in [0.1, 0.15) is 6.61 Å². The Balaban J connectivity index is 5.83. The Labute approximate surface area is 244 Å². The van der Waals surface area contributed by atoms with Crippen LogP contribution in [0.3, 0.4) is 0 Å². The van der Waals surface area contributed by atoms with Crippen LogP contribution in [0.1, 0.15) is 92.4 Å². The van der Waals surface area contributed by atoms with Gasteiger partial charge in [-0.3, -0.25) is 9.59 Å². The summed E-state index contributed by atoms with van der Waals surface area (Å²) in [4.78, 5) is 26.0. The maximum Gasteiger partial charge on any atom is 0.327 e. The van der Waals surface area contributed by atoms with Crippen molar-refractivity contribution in [1.82, 2.24) is 0 Å². The lowest BCUT2D eigenvalue weighted by Gasteiger charge is -2.36. The molecule has 0 saturated heterocycles. The molecule has 11 heteroatoms. The Hall–Kier alpha value is -1.27. The molecule has 0 aromatic rings. The van der Waals surface area contributed by atoms with Crippen LogP contribution in [-0.2, 0) is 42.8 Å². The zero-order valence-corrected chi connectivity index (χ0v) is 27.3. The maximum atomic E-state index is 13.6. The van der Waals surface area contributed by atoms with E-state index in [-0.39, 0.29) is 42.7 Å². The molecule has 4 unspecified atom stereocenters. The summed E-state index contributed by atoms with van der Waals surface area (Å²) in [6.07, 6.45) is 5.85. The second kappa shape index (κ2) is 21.4. The predicted octanol–water partition coefficient (Wildman–Crippen LogP) is 4.70. The molecule has 40 heavy (non-hydrogen) atoms. The number of ether oxygens (including phenoxy) is 4. The molecular weight excluding hydrogens is 538 g/mol. The van der Waals surface area contributed by atoms with E-state index in [0.717, 1.165) is 51.4 Å². The standard InChI is InChI=1S/C29H58NO9S/c1-9-14-16-24(11-3)21-37-28(31)20-26(29(32)38-22-25(12-4)17-15-10-2)40(33,34)39-27(30(6,7)13-5)23-36-19-18-35-8/h24-27H,9-23H2,1-8H3/q+1. The number of nitrogens with zero attached hydrogens (tertiary/aromatic N) is 1. The molecular formula is C29H58NO9S+. The van der Waals surface area contributed by atoms with Crippen molar-refractivity contribution in [3.8, 4) is 0 Å². The van der Waals surface area contributed by atoms with Crippen molar-refractivity contribution in [3.05, 3.63) is 0 Å². The van der Waals surface area contributed by atoms with Crippen LogP contribution in [0.4, 0.5) is 0 Å². The van der Waals surface area contributed by atoms with Gasteiger partial charge >= 0.3 is 11.9 Å². The highest BCUT2D eigenvalue weighted by atomic mass is 32.2. The van der Waals surface area contributed by atoms with Gasteiger partial charge in [-0.2, -0.15) is 8.42 Å². The summed E-state index contributed by atoms with van der Waals surface area (Å²) in [6, 6.07) is 0. The predicted molar refractivity (Wildman–Crippen MR) is 156 cm³/mol. The Bertz CT molecular complexity index is 788. The van der Waals surface area contributed by atoms with E-state index in [9.17, 15) is 18.0 Å². The molecule has 4 atom stereocenters. The quantitative estimate of drug-likeness (QED) is 0.0486. The van der Waals surface area contributed by atoms with Gasteiger partial charge < -0.3 is 23.4 Å². The summed E-state index contributed by atoms with van der Waals surface area (Å²) < 4.78 is 54.4. The third kappa shape index (κ3) is 15.7. The van der Waals surface area contributed by atoms with Crippen LogP contribution in [0.2, 0.25) is 0 Å². The van der Waals surface area contributed by atoms with Gasteiger partial charge in [-0.15, -0.1) is 0 Å². The minimum atomic E-state index is -4.58. The van der Waals surface area contributed by atoms with E-state index in [2.05, 4.69) is 13.8 Å². The number of unbranched alkanes of at least 4 members (excludes halogenated alkanes) is 2. The Morgan fingerprint density at radius 2 is 1.35 bits per heavy atom. The fraction of sp³-hybridized carbons (Fsp3) is 0.931. The number of esters is 2. The van der Waals surface area contributed by atoms with E-state index in [1.807, 2.05) is 34.9 Å². The number of carbonyl (C=O) groups is 2. The Morgan fingerprint density at radius 3 is 1.82 bits per heavy atom. The van der Waals surface area contributed by atoms with Crippen LogP contribution >= 0.6 is 0 Å². The van der Waals surface area contributed by atoms with Gasteiger partial charge in [-0.05, 0) is 31.6 Å². The van der Waals surface area contributed by atoms with Gasteiger partial charge in [0.2, 0.25) is 6.23 Å². The monoisotopic (exact) mass is 596 g/mol. The largest absolute Gasteiger partial charge is 0.465 e. The van der Waals surface area contributed by atoms with Gasteiger partial charge in [0.15, 0.2) is 5.25 Å². The van der Waals surface area contributed by atoms with E-state index >= 15 is 0 Å². The van der Waals surface area contributed by atoms with E-state index in [0.29, 0.717) is 13.2 Å². The second-order valence-electron chi connectivity index (χ2n) is 11.0. The second-order valence-corrected chi connectivity index (χ2v) is 12.8. The summed E-state index contributed by atoms with van der Waals surface area (Å²) in [5.41, 5.74) is 0. The number of likely N-dealkylation sites (N-methyl/N-ethyl adjacent to an activating group) is 1. The van der Waals surface area contributed by atoms with E-state index in [1.54, 1.807) is 7.11 Å². The lowest BCUT2D eigenvalue weighted by atomic mass is 10.0. The Kier molecular flexibility index (Phi) is 20.8. The van der Waals surface area contributed by atoms with Gasteiger partial charge in [-0.1, -0.05) is 66.2 Å². The summed E-state index contributed by atoms with van der Waals surface area (Å²) in [6.45, 7) is 11.5. The Morgan fingerprint density at radius 1 is 0.800 bits per heavy atom. The van der Waals surface area contributed by atoms with Crippen molar-refractivity contribution in [3.63, 3.8) is 0 Å². The molecule has 0 amide bonds. The van der Waals surface area contributed by atoms with Crippen LogP contribution in [-0.4, -0.2) is 97.1 Å². The minimum Gasteiger partial charge on any atom is -0.465 e. The molecule has 0 aliphatic rings. The maximum absolute atomic E-state index is 13.6. The van der Waals surface area contributed by atoms with Crippen molar-refractivity contribution in [2.75, 3.05) is 60.8 Å². The van der Waals surface area contributed by atoms with Crippen molar-refractivity contribution >= 4 is 22.1 Å². The molecule has 0 rings (SSSR count). The molecule has 0 heterocycles. The third-order valence-electron chi connectivity index (χ3n) is 7.52. The first-order chi connectivity index (χ1) is 18.9. The fourth-order valence-electron chi connectivity index (χ4n) is 3.91. The molecule has 238 valence electrons. The number of hydrogen-bond acceptors (Lipinski definition) is 9. The zero-order chi connectivity index (χ0) is 30.6. The molecule has 0 aliphatic carbocycles. The number of methoxy groups -OCH3 is 1. The minimum absolute atomic E-state index is 0.0415. The smallest absolute Gasteiger partial charge is 0.327 e. The highest BCUT2D eigenvalue weighted by Gasteiger charge is 2.43. The van der Waals surface area contributed by atoms with Gasteiger partial charge in [-0.25, -0.2) is 4.18 Å². The summed E-state index contributed by atoms with van der Waals surface area (Å²) in [7, 11) is 0.574. The first kappa shape index (κ1) is 38.7. The van der Waals surface area contributed by atoms with Gasteiger partial charge in [0, 0.05) is 7.11 Å². The third-order valence-corrected chi connectivity index (χ3v) is 9.07. The molecule has 0 N–H and O–H groups in total. The topological polar surface area (TPSA) is 114 Å². The first-order valence-electron chi connectivity index (χ1n) is 15.1. The molecule has 0 aromatic heterocycles. The van der Waals surface area contributed by atoms with Crippen molar-refractivity contribution in [2.24, 2.45) is 11.8 Å². The highest BCUT2D eigenvalue weighted by Crippen LogP contribution is 2.21. The van der Waals surface area contributed by atoms with Crippen LogP contribution in [0.5, 0.6) is 0 Å². The van der Waals surface area contributed by atoms with Crippen LogP contribution in [0.25, 0.3) is 0 Å². The lowest BCUT2D eigenvalue weighted by molar-refractivity contribution is -0.932. The average Bonchev–Trinajstić information content (AvgIpc) is 2.93. The van der Waals surface area contributed by atoms with E-state index in [4.69, 9.17) is 23.1 Å². The highest BCUT2D eigenvalue weighted by molar-refractivity contribution is 7.88. The zero-order valence-electron chi connectivity index (χ0n) is 26.4. The summed E-state index contributed by atoms with van der Waals surface area (Å²) in [5, 5.41) is -1.84. The number of carbonyl (C=O) groups excluding carboxylic acids is 2. The SMILES string of the molecule is CCCCC(CC)COC(=O)CC(C(=O)OCC(CC)CCCC)S(=O)(=O)OC(COCCOC)[N+](C)(C)CC. The summed E-state index contributed by atoms with van der Waals surface area (Å²) in [5.74, 6) is -1.46. The van der Waals surface area contributed by atoms with Crippen molar-refractivity contribution in [2.45, 2.75) is 104 Å². The lowest BCUT2D eigenvalue weighted by Crippen LogP contribution is -2.54. The number of quaternary nitrogens is 1. The molecule has 10 nitrogen and oxygen atoms in total. The van der Waals surface area contributed by atoms with Crippen LogP contribution in [0, 0.1) is 11.8 Å². The summed E-state index contributed by atoms with van der Waals surface area (Å²) >= 11 is 0. The molecule has 0 bridgehead atoms. The van der Waals surface area contributed by atoms with E-state index in [1.165, 1.54) is 0 Å². The van der Waals surface area contributed by atoms with Crippen LogP contribution < -0.4 is 0 Å². The van der Waals surface area contributed by atoms with Gasteiger partial charge in [0.05, 0.1) is 53.5 Å². The van der Waals surface area contributed by atoms with Crippen molar-refractivity contribution < 1.29 is 45.6 Å². The molecule has 0 fully saturated rings. The molecule has 0 saturated carbocycles. The molecule has 0 spiro atoms. The fourth-order valence-corrected chi connectivity index (χ4v) is 5.29. The molecule has 0 aliphatic heterocycles. The number of rotatable bonds is 25. The van der Waals surface area contributed by atoms with Crippen molar-refractivity contribution in [1.29, 1.82) is 0 Å². The van der Waals surface area contributed by atoms with E-state index < -0.39 is 40.0 Å². The van der Waals surface area contributed by atoms with Gasteiger partial charge in [0.25, 0.3) is 10.1 Å². The molecule has 0 radical (unpaired) electrons. The van der Waals surface area contributed by atoms with Crippen LogP contribution in [0.15, 0.2) is 0 Å². The molecule has 0 aromatic carbocycles. The normalized spacial score (nSPS) is 15.3. The number of hydrogen-bond donors (Lipinski definition) is 0. The average molecular weight is 597 g/mol. The first-order valence-corrected chi connectivity index (χ1v) is 16.5.